The summed E-state index contributed by atoms with van der Waals surface area (Å²) in [5.74, 6) is -0.0660. The van der Waals surface area contributed by atoms with Gasteiger partial charge in [-0.3, -0.25) is 24.4 Å². The maximum Gasteiger partial charge on any atom is 0.221 e. The first-order valence-electron chi connectivity index (χ1n) is 9.63. The predicted octanol–water partition coefficient (Wildman–Crippen LogP) is 0.300. The molecule has 1 aromatic rings. The highest BCUT2D eigenvalue weighted by Gasteiger charge is 2.21. The van der Waals surface area contributed by atoms with Gasteiger partial charge in [0, 0.05) is 39.1 Å². The van der Waals surface area contributed by atoms with Crippen LogP contribution >= 0.6 is 0 Å². The molecule has 9 nitrogen and oxygen atoms in total. The van der Waals surface area contributed by atoms with Crippen molar-refractivity contribution >= 4 is 17.6 Å². The summed E-state index contributed by atoms with van der Waals surface area (Å²) >= 11 is 0. The number of carbonyl (C=O) groups excluding carboxylic acids is 3. The van der Waals surface area contributed by atoms with Crippen molar-refractivity contribution in [1.82, 2.24) is 30.9 Å². The zero-order valence-electron chi connectivity index (χ0n) is 16.2. The average molecular weight is 378 g/mol. The smallest absolute Gasteiger partial charge is 0.221 e. The van der Waals surface area contributed by atoms with E-state index in [1.165, 1.54) is 6.92 Å². The van der Waals surface area contributed by atoms with E-state index in [9.17, 15) is 14.4 Å². The Morgan fingerprint density at radius 1 is 1.30 bits per heavy atom. The van der Waals surface area contributed by atoms with Crippen molar-refractivity contribution in [2.75, 3.05) is 6.54 Å². The first-order chi connectivity index (χ1) is 12.9. The van der Waals surface area contributed by atoms with Crippen LogP contribution in [0.3, 0.4) is 0 Å². The Morgan fingerprint density at radius 2 is 2.11 bits per heavy atom. The van der Waals surface area contributed by atoms with E-state index in [2.05, 4.69) is 26.3 Å². The standard InChI is InChI=1S/C18H30N6O3/c1-13(25)16-6-5-11-24-12-15(22-23-24)8-9-18(27)21-17(20-16)7-3-4-10-19-14(2)26/h12,16-17,20H,3-11H2,1-2H3,(H,19,26)(H,21,27)/t16-,17?/m0/s1. The SMILES string of the molecule is CC(=O)NCCCCC1NC(=O)CCc2cn(nn2)CCC[C@@H](C(C)=O)N1. The van der Waals surface area contributed by atoms with Gasteiger partial charge in [0.2, 0.25) is 11.8 Å². The number of nitrogens with zero attached hydrogens (tertiary/aromatic N) is 3. The van der Waals surface area contributed by atoms with Crippen LogP contribution in [0.4, 0.5) is 0 Å². The van der Waals surface area contributed by atoms with E-state index in [-0.39, 0.29) is 29.8 Å². The van der Waals surface area contributed by atoms with Crippen molar-refractivity contribution in [2.45, 2.75) is 77.5 Å². The molecule has 0 saturated carbocycles. The predicted molar refractivity (Wildman–Crippen MR) is 99.6 cm³/mol. The third-order valence-corrected chi connectivity index (χ3v) is 4.60. The normalized spacial score (nSPS) is 21.3. The highest BCUT2D eigenvalue weighted by atomic mass is 16.2. The molecule has 2 atom stereocenters. The first kappa shape index (κ1) is 21.0. The Labute approximate surface area is 159 Å². The summed E-state index contributed by atoms with van der Waals surface area (Å²) in [6.45, 7) is 4.37. The monoisotopic (exact) mass is 378 g/mol. The van der Waals surface area contributed by atoms with Gasteiger partial charge in [-0.05, 0) is 39.0 Å². The highest BCUT2D eigenvalue weighted by molar-refractivity contribution is 5.81. The lowest BCUT2D eigenvalue weighted by atomic mass is 10.1. The molecule has 0 radical (unpaired) electrons. The van der Waals surface area contributed by atoms with Crippen molar-refractivity contribution in [1.29, 1.82) is 0 Å². The lowest BCUT2D eigenvalue weighted by Gasteiger charge is -2.25. The largest absolute Gasteiger partial charge is 0.356 e. The molecule has 2 bridgehead atoms. The van der Waals surface area contributed by atoms with Crippen LogP contribution in [0.15, 0.2) is 6.20 Å². The molecule has 1 aromatic heterocycles. The van der Waals surface area contributed by atoms with Crippen LogP contribution in [-0.2, 0) is 27.3 Å². The van der Waals surface area contributed by atoms with Gasteiger partial charge in [0.25, 0.3) is 0 Å². The van der Waals surface area contributed by atoms with Crippen LogP contribution in [0, 0.1) is 0 Å². The fourth-order valence-corrected chi connectivity index (χ4v) is 3.11. The van der Waals surface area contributed by atoms with Crippen LogP contribution < -0.4 is 16.0 Å². The minimum absolute atomic E-state index is 0.0448. The van der Waals surface area contributed by atoms with Crippen molar-refractivity contribution in [2.24, 2.45) is 0 Å². The van der Waals surface area contributed by atoms with Gasteiger partial charge in [0.15, 0.2) is 0 Å². The number of amides is 2. The second-order valence-corrected chi connectivity index (χ2v) is 7.04. The van der Waals surface area contributed by atoms with Gasteiger partial charge in [-0.15, -0.1) is 5.10 Å². The van der Waals surface area contributed by atoms with Crippen LogP contribution in [0.5, 0.6) is 0 Å². The summed E-state index contributed by atoms with van der Waals surface area (Å²) in [6.07, 6.45) is 6.27. The van der Waals surface area contributed by atoms with Crippen LogP contribution in [0.25, 0.3) is 0 Å². The maximum atomic E-state index is 12.3. The van der Waals surface area contributed by atoms with E-state index in [0.717, 1.165) is 25.0 Å². The minimum atomic E-state index is -0.311. The topological polar surface area (TPSA) is 118 Å². The summed E-state index contributed by atoms with van der Waals surface area (Å²) in [7, 11) is 0. The molecule has 1 aliphatic rings. The molecule has 1 unspecified atom stereocenters. The summed E-state index contributed by atoms with van der Waals surface area (Å²) in [6, 6.07) is -0.311. The molecule has 0 fully saturated rings. The molecule has 3 N–H and O–H groups in total. The van der Waals surface area contributed by atoms with Crippen LogP contribution in [0.1, 0.15) is 58.1 Å². The second-order valence-electron chi connectivity index (χ2n) is 7.04. The van der Waals surface area contributed by atoms with Gasteiger partial charge in [-0.2, -0.15) is 0 Å². The van der Waals surface area contributed by atoms with Gasteiger partial charge < -0.3 is 10.6 Å². The first-order valence-corrected chi connectivity index (χ1v) is 9.63. The van der Waals surface area contributed by atoms with Crippen LogP contribution in [-0.4, -0.2) is 51.3 Å². The van der Waals surface area contributed by atoms with Crippen molar-refractivity contribution in [3.8, 4) is 0 Å². The van der Waals surface area contributed by atoms with Crippen molar-refractivity contribution in [3.63, 3.8) is 0 Å². The Hall–Kier alpha value is -2.29. The number of fused-ring (bicyclic) bond motifs is 2. The number of rotatable bonds is 6. The Kier molecular flexibility index (Phi) is 8.38. The number of aryl methyl sites for hydroxylation is 2. The molecule has 1 aliphatic heterocycles. The Morgan fingerprint density at radius 3 is 2.85 bits per heavy atom. The van der Waals surface area contributed by atoms with Gasteiger partial charge in [-0.1, -0.05) is 5.21 Å². The number of unbranched alkanes of at least 4 members (excludes halogenated alkanes) is 1. The fourth-order valence-electron chi connectivity index (χ4n) is 3.11. The Balaban J connectivity index is 1.96. The van der Waals surface area contributed by atoms with Gasteiger partial charge in [0.05, 0.1) is 17.9 Å². The molecule has 2 rings (SSSR count). The zero-order chi connectivity index (χ0) is 19.6. The fraction of sp³-hybridized carbons (Fsp3) is 0.722. The number of Topliss-reactive ketones (excluding diaryl/α,β-unsaturated/α-hetero) is 1. The maximum absolute atomic E-state index is 12.3. The minimum Gasteiger partial charge on any atom is -0.356 e. The Bertz CT molecular complexity index is 645. The summed E-state index contributed by atoms with van der Waals surface area (Å²) in [5, 5.41) is 17.2. The molecule has 0 aromatic carbocycles. The number of carbonyl (C=O) groups is 3. The van der Waals surface area contributed by atoms with Crippen molar-refractivity contribution in [3.05, 3.63) is 11.9 Å². The average Bonchev–Trinajstić information content (AvgIpc) is 3.05. The molecule has 9 heteroatoms. The number of nitrogens with one attached hydrogen (secondary N) is 3. The molecule has 0 spiro atoms. The summed E-state index contributed by atoms with van der Waals surface area (Å²) < 4.78 is 1.77. The number of hydrogen-bond donors (Lipinski definition) is 3. The highest BCUT2D eigenvalue weighted by Crippen LogP contribution is 2.08. The summed E-state index contributed by atoms with van der Waals surface area (Å²) in [5.41, 5.74) is 0.798. The zero-order valence-corrected chi connectivity index (χ0v) is 16.2. The third kappa shape index (κ3) is 7.86. The molecule has 0 saturated heterocycles. The van der Waals surface area contributed by atoms with E-state index in [0.29, 0.717) is 38.8 Å². The molecule has 2 amide bonds. The summed E-state index contributed by atoms with van der Waals surface area (Å²) in [4.78, 5) is 35.3. The number of aromatic nitrogens is 3. The molecular formula is C18H30N6O3. The second kappa shape index (κ2) is 10.8. The van der Waals surface area contributed by atoms with E-state index < -0.39 is 0 Å². The van der Waals surface area contributed by atoms with Gasteiger partial charge in [0.1, 0.15) is 5.78 Å². The van der Waals surface area contributed by atoms with Crippen molar-refractivity contribution < 1.29 is 14.4 Å². The van der Waals surface area contributed by atoms with Crippen LogP contribution in [0.2, 0.25) is 0 Å². The molecular weight excluding hydrogens is 348 g/mol. The van der Waals surface area contributed by atoms with Gasteiger partial charge >= 0.3 is 0 Å². The van der Waals surface area contributed by atoms with E-state index in [1.807, 2.05) is 6.20 Å². The molecule has 2 heterocycles. The van der Waals surface area contributed by atoms with Gasteiger partial charge in [-0.25, -0.2) is 0 Å². The van der Waals surface area contributed by atoms with E-state index >= 15 is 0 Å². The lowest BCUT2D eigenvalue weighted by Crippen LogP contribution is -2.51. The molecule has 150 valence electrons. The van der Waals surface area contributed by atoms with E-state index in [1.54, 1.807) is 11.6 Å². The number of hydrogen-bond acceptors (Lipinski definition) is 6. The molecule has 27 heavy (non-hydrogen) atoms. The lowest BCUT2D eigenvalue weighted by molar-refractivity contribution is -0.123. The number of ketones is 1. The molecule has 0 aliphatic carbocycles. The third-order valence-electron chi connectivity index (χ3n) is 4.60. The van der Waals surface area contributed by atoms with E-state index in [4.69, 9.17) is 0 Å². The quantitative estimate of drug-likeness (QED) is 0.613.